The number of piperidine rings is 1. The average molecular weight is 389 g/mol. The maximum atomic E-state index is 12.7. The summed E-state index contributed by atoms with van der Waals surface area (Å²) in [6, 6.07) is 7.06. The van der Waals surface area contributed by atoms with E-state index in [9.17, 15) is 13.2 Å². The molecule has 2 aromatic rings. The number of nitrogens with one attached hydrogen (secondary N) is 2. The highest BCUT2D eigenvalue weighted by atomic mass is 32.2. The molecule has 1 fully saturated rings. The van der Waals surface area contributed by atoms with Crippen LogP contribution in [0.25, 0.3) is 0 Å². The molecule has 1 spiro atoms. The second-order valence-corrected chi connectivity index (χ2v) is 9.05. The van der Waals surface area contributed by atoms with Gasteiger partial charge in [0.15, 0.2) is 0 Å². The minimum atomic E-state index is -3.58. The van der Waals surface area contributed by atoms with Crippen molar-refractivity contribution >= 4 is 21.6 Å². The average Bonchev–Trinajstić information content (AvgIpc) is 3.12. The van der Waals surface area contributed by atoms with Gasteiger partial charge in [0.05, 0.1) is 17.4 Å². The van der Waals surface area contributed by atoms with Crippen molar-refractivity contribution in [3.8, 4) is 0 Å². The Labute approximate surface area is 158 Å². The van der Waals surface area contributed by atoms with Crippen molar-refractivity contribution in [3.05, 3.63) is 42.2 Å². The van der Waals surface area contributed by atoms with Gasteiger partial charge in [0.2, 0.25) is 10.0 Å². The van der Waals surface area contributed by atoms with Crippen molar-refractivity contribution in [2.24, 2.45) is 0 Å². The fourth-order valence-electron chi connectivity index (χ4n) is 3.63. The Hall–Kier alpha value is -2.39. The number of rotatable bonds is 2. The Kier molecular flexibility index (Phi) is 4.23. The van der Waals surface area contributed by atoms with E-state index in [2.05, 4.69) is 15.1 Å². The Morgan fingerprint density at radius 2 is 1.93 bits per heavy atom. The van der Waals surface area contributed by atoms with E-state index in [0.717, 1.165) is 0 Å². The monoisotopic (exact) mass is 389 g/mol. The molecule has 2 aliphatic heterocycles. The summed E-state index contributed by atoms with van der Waals surface area (Å²) in [6.07, 6.45) is 4.33. The largest absolute Gasteiger partial charge is 0.365 e. The third kappa shape index (κ3) is 3.21. The van der Waals surface area contributed by atoms with Crippen molar-refractivity contribution in [1.29, 1.82) is 0 Å². The maximum absolute atomic E-state index is 12.7. The molecule has 0 aliphatic carbocycles. The lowest BCUT2D eigenvalue weighted by Gasteiger charge is -2.45. The molecule has 1 aromatic carbocycles. The predicted molar refractivity (Wildman–Crippen MR) is 101 cm³/mol. The molecule has 0 bridgehead atoms. The number of amides is 1. The third-order valence-corrected chi connectivity index (χ3v) is 6.76. The molecule has 0 saturated carbocycles. The van der Waals surface area contributed by atoms with Crippen molar-refractivity contribution < 1.29 is 13.2 Å². The lowest BCUT2D eigenvalue weighted by atomic mass is 9.96. The summed E-state index contributed by atoms with van der Waals surface area (Å²) in [6.45, 7) is 4.93. The molecule has 0 unspecified atom stereocenters. The van der Waals surface area contributed by atoms with Crippen LogP contribution in [0.4, 0.5) is 5.69 Å². The van der Waals surface area contributed by atoms with Crippen LogP contribution in [-0.4, -0.2) is 47.8 Å². The van der Waals surface area contributed by atoms with E-state index in [1.165, 1.54) is 0 Å². The zero-order chi connectivity index (χ0) is 19.2. The van der Waals surface area contributed by atoms with E-state index in [0.29, 0.717) is 37.2 Å². The molecule has 27 heavy (non-hydrogen) atoms. The van der Waals surface area contributed by atoms with Gasteiger partial charge < -0.3 is 10.2 Å². The summed E-state index contributed by atoms with van der Waals surface area (Å²) in [4.78, 5) is 14.8. The molecule has 144 valence electrons. The van der Waals surface area contributed by atoms with Gasteiger partial charge >= 0.3 is 0 Å². The first-order chi connectivity index (χ1) is 12.8. The lowest BCUT2D eigenvalue weighted by molar-refractivity contribution is 0.0675. The highest BCUT2D eigenvalue weighted by Crippen LogP contribution is 2.34. The zero-order valence-electron chi connectivity index (χ0n) is 15.3. The number of hydrogen-bond donors (Lipinski definition) is 2. The summed E-state index contributed by atoms with van der Waals surface area (Å²) in [5.41, 5.74) is 0.405. The number of hydrogen-bond acceptors (Lipinski definition) is 5. The minimum Gasteiger partial charge on any atom is -0.365 e. The van der Waals surface area contributed by atoms with E-state index >= 15 is 0 Å². The van der Waals surface area contributed by atoms with Crippen molar-refractivity contribution in [2.75, 3.05) is 18.4 Å². The first-order valence-corrected chi connectivity index (χ1v) is 10.5. The Balaban J connectivity index is 1.50. The van der Waals surface area contributed by atoms with E-state index in [-0.39, 0.29) is 16.8 Å². The zero-order valence-corrected chi connectivity index (χ0v) is 16.2. The number of fused-ring (bicyclic) bond motifs is 1. The molecular formula is C18H23N5O3S. The van der Waals surface area contributed by atoms with Crippen molar-refractivity contribution in [2.45, 2.75) is 43.3 Å². The first-order valence-electron chi connectivity index (χ1n) is 9.04. The number of carbonyl (C=O) groups excluding carboxylic acids is 1. The number of sulfonamides is 1. The van der Waals surface area contributed by atoms with Crippen molar-refractivity contribution in [3.63, 3.8) is 0 Å². The Morgan fingerprint density at radius 3 is 2.59 bits per heavy atom. The number of anilines is 1. The van der Waals surface area contributed by atoms with Crippen LogP contribution in [0.2, 0.25) is 0 Å². The molecule has 1 saturated heterocycles. The SMILES string of the molecule is CC(C)n1cc(C(=O)N2CCC3(CC2)Nc2ccccc2S(=O)(=O)N3)cn1. The molecule has 2 N–H and O–H groups in total. The van der Waals surface area contributed by atoms with Crippen LogP contribution in [0.3, 0.4) is 0 Å². The highest BCUT2D eigenvalue weighted by molar-refractivity contribution is 7.89. The van der Waals surface area contributed by atoms with Gasteiger partial charge in [-0.05, 0) is 26.0 Å². The molecule has 0 radical (unpaired) electrons. The molecule has 2 aliphatic rings. The van der Waals surface area contributed by atoms with Crippen LogP contribution in [0.15, 0.2) is 41.6 Å². The maximum Gasteiger partial charge on any atom is 0.257 e. The standard InChI is InChI=1S/C18H23N5O3S/c1-13(2)23-12-14(11-19-23)17(24)22-9-7-18(8-10-22)20-15-5-3-4-6-16(15)27(25,26)21-18/h3-6,11-13,20-21H,7-10H2,1-2H3. The first kappa shape index (κ1) is 18.0. The van der Waals surface area contributed by atoms with Gasteiger partial charge in [-0.2, -0.15) is 9.82 Å². The van der Waals surface area contributed by atoms with Gasteiger partial charge in [-0.3, -0.25) is 9.48 Å². The summed E-state index contributed by atoms with van der Waals surface area (Å²) in [7, 11) is -3.58. The van der Waals surface area contributed by atoms with Gasteiger partial charge in [-0.1, -0.05) is 12.1 Å². The summed E-state index contributed by atoms with van der Waals surface area (Å²) in [5, 5.41) is 7.57. The minimum absolute atomic E-state index is 0.0733. The van der Waals surface area contributed by atoms with Crippen LogP contribution in [-0.2, 0) is 10.0 Å². The van der Waals surface area contributed by atoms with Crippen molar-refractivity contribution in [1.82, 2.24) is 19.4 Å². The van der Waals surface area contributed by atoms with Gasteiger partial charge in [0.25, 0.3) is 5.91 Å². The van der Waals surface area contributed by atoms with E-state index < -0.39 is 15.7 Å². The number of benzene rings is 1. The lowest BCUT2D eigenvalue weighted by Crippen LogP contribution is -2.62. The van der Waals surface area contributed by atoms with Gasteiger partial charge in [0.1, 0.15) is 10.6 Å². The molecule has 3 heterocycles. The molecule has 8 nitrogen and oxygen atoms in total. The number of para-hydroxylation sites is 1. The van der Waals surface area contributed by atoms with E-state index in [1.807, 2.05) is 19.9 Å². The second kappa shape index (κ2) is 6.35. The van der Waals surface area contributed by atoms with E-state index in [1.54, 1.807) is 40.2 Å². The quantitative estimate of drug-likeness (QED) is 0.816. The summed E-state index contributed by atoms with van der Waals surface area (Å²) in [5.74, 6) is -0.0733. The smallest absolute Gasteiger partial charge is 0.257 e. The van der Waals surface area contributed by atoms with Gasteiger partial charge in [0, 0.05) is 38.2 Å². The Bertz CT molecular complexity index is 974. The van der Waals surface area contributed by atoms with Gasteiger partial charge in [-0.15, -0.1) is 0 Å². The topological polar surface area (TPSA) is 96.3 Å². The Morgan fingerprint density at radius 1 is 1.22 bits per heavy atom. The molecule has 0 atom stereocenters. The summed E-state index contributed by atoms with van der Waals surface area (Å²) >= 11 is 0. The summed E-state index contributed by atoms with van der Waals surface area (Å²) < 4.78 is 29.8. The molecule has 4 rings (SSSR count). The number of nitrogens with zero attached hydrogens (tertiary/aromatic N) is 3. The number of carbonyl (C=O) groups is 1. The molecule has 1 aromatic heterocycles. The predicted octanol–water partition coefficient (Wildman–Crippen LogP) is 1.80. The van der Waals surface area contributed by atoms with Crippen LogP contribution < -0.4 is 10.0 Å². The van der Waals surface area contributed by atoms with Crippen LogP contribution in [0, 0.1) is 0 Å². The van der Waals surface area contributed by atoms with E-state index in [4.69, 9.17) is 0 Å². The molecule has 1 amide bonds. The molecule has 9 heteroatoms. The molecular weight excluding hydrogens is 366 g/mol. The second-order valence-electron chi connectivity index (χ2n) is 7.40. The highest BCUT2D eigenvalue weighted by Gasteiger charge is 2.43. The number of aromatic nitrogens is 2. The normalized spacial score (nSPS) is 20.3. The van der Waals surface area contributed by atoms with Crippen LogP contribution in [0.5, 0.6) is 0 Å². The van der Waals surface area contributed by atoms with Crippen LogP contribution >= 0.6 is 0 Å². The number of likely N-dealkylation sites (tertiary alicyclic amines) is 1. The van der Waals surface area contributed by atoms with Gasteiger partial charge in [-0.25, -0.2) is 8.42 Å². The fraction of sp³-hybridized carbons (Fsp3) is 0.444. The fourth-order valence-corrected chi connectivity index (χ4v) is 5.18. The third-order valence-electron chi connectivity index (χ3n) is 5.16. The van der Waals surface area contributed by atoms with Crippen LogP contribution in [0.1, 0.15) is 43.1 Å².